The van der Waals surface area contributed by atoms with Crippen LogP contribution in [0.15, 0.2) is 35.5 Å². The lowest BCUT2D eigenvalue weighted by molar-refractivity contribution is -0.385. The van der Waals surface area contributed by atoms with Crippen LogP contribution in [0.25, 0.3) is 0 Å². The first kappa shape index (κ1) is 14.2. The van der Waals surface area contributed by atoms with Gasteiger partial charge in [-0.05, 0) is 12.5 Å². The molecule has 0 atom stereocenters. The van der Waals surface area contributed by atoms with E-state index >= 15 is 0 Å². The molecule has 9 heteroatoms. The maximum absolute atomic E-state index is 11.9. The van der Waals surface area contributed by atoms with E-state index in [1.807, 2.05) is 0 Å². The average Bonchev–Trinajstić information content (AvgIpc) is 2.92. The van der Waals surface area contributed by atoms with Crippen molar-refractivity contribution in [1.29, 1.82) is 0 Å². The predicted molar refractivity (Wildman–Crippen MR) is 70.4 cm³/mol. The zero-order valence-corrected chi connectivity index (χ0v) is 11.3. The second-order valence-electron chi connectivity index (χ2n) is 4.08. The van der Waals surface area contributed by atoms with Crippen LogP contribution in [-0.2, 0) is 16.6 Å². The lowest BCUT2D eigenvalue weighted by atomic mass is 10.1. The van der Waals surface area contributed by atoms with E-state index in [-0.39, 0.29) is 17.1 Å². The van der Waals surface area contributed by atoms with E-state index in [1.54, 1.807) is 13.0 Å². The SMILES string of the molecule is Cc1c(CNS(=O)(=O)c2cn[nH]c2)cccc1[N+](=O)[O-]. The first-order valence-corrected chi connectivity index (χ1v) is 7.11. The number of benzene rings is 1. The Hall–Kier alpha value is -2.26. The molecule has 0 radical (unpaired) electrons. The Labute approximate surface area is 115 Å². The topological polar surface area (TPSA) is 118 Å². The van der Waals surface area contributed by atoms with Gasteiger partial charge in [0, 0.05) is 24.4 Å². The van der Waals surface area contributed by atoms with Crippen molar-refractivity contribution in [3.63, 3.8) is 0 Å². The molecule has 20 heavy (non-hydrogen) atoms. The predicted octanol–water partition coefficient (Wildman–Crippen LogP) is 1.10. The second kappa shape index (κ2) is 5.39. The summed E-state index contributed by atoms with van der Waals surface area (Å²) in [6, 6.07) is 4.54. The van der Waals surface area contributed by atoms with Crippen LogP contribution in [-0.4, -0.2) is 23.5 Å². The van der Waals surface area contributed by atoms with Crippen LogP contribution >= 0.6 is 0 Å². The molecule has 2 rings (SSSR count). The molecule has 0 aliphatic rings. The zero-order chi connectivity index (χ0) is 14.8. The van der Waals surface area contributed by atoms with Crippen LogP contribution in [0.5, 0.6) is 0 Å². The number of H-pyrrole nitrogens is 1. The maximum atomic E-state index is 11.9. The lowest BCUT2D eigenvalue weighted by Crippen LogP contribution is -2.23. The highest BCUT2D eigenvalue weighted by Gasteiger charge is 2.17. The number of nitro benzene ring substituents is 1. The number of hydrogen-bond acceptors (Lipinski definition) is 5. The molecule has 8 nitrogen and oxygen atoms in total. The van der Waals surface area contributed by atoms with Gasteiger partial charge in [0.25, 0.3) is 5.69 Å². The lowest BCUT2D eigenvalue weighted by Gasteiger charge is -2.07. The van der Waals surface area contributed by atoms with Gasteiger partial charge in [0.1, 0.15) is 4.90 Å². The molecule has 0 bridgehead atoms. The van der Waals surface area contributed by atoms with E-state index in [0.29, 0.717) is 11.1 Å². The third-order valence-electron chi connectivity index (χ3n) is 2.85. The summed E-state index contributed by atoms with van der Waals surface area (Å²) in [6.45, 7) is 1.56. The fraction of sp³-hybridized carbons (Fsp3) is 0.182. The van der Waals surface area contributed by atoms with Crippen LogP contribution in [0, 0.1) is 17.0 Å². The molecule has 1 aromatic heterocycles. The number of aromatic nitrogens is 2. The number of nitrogens with one attached hydrogen (secondary N) is 2. The van der Waals surface area contributed by atoms with Gasteiger partial charge >= 0.3 is 0 Å². The van der Waals surface area contributed by atoms with Crippen LogP contribution in [0.3, 0.4) is 0 Å². The van der Waals surface area contributed by atoms with E-state index in [2.05, 4.69) is 14.9 Å². The van der Waals surface area contributed by atoms with Gasteiger partial charge < -0.3 is 0 Å². The van der Waals surface area contributed by atoms with Crippen molar-refractivity contribution in [2.45, 2.75) is 18.4 Å². The standard InChI is InChI=1S/C11H12N4O4S/c1-8-9(3-2-4-11(8)15(16)17)5-14-20(18,19)10-6-12-13-7-10/h2-4,6-7,14H,5H2,1H3,(H,12,13). The Morgan fingerprint density at radius 1 is 1.45 bits per heavy atom. The van der Waals surface area contributed by atoms with Gasteiger partial charge in [-0.2, -0.15) is 5.10 Å². The van der Waals surface area contributed by atoms with Crippen LogP contribution in [0.1, 0.15) is 11.1 Å². The van der Waals surface area contributed by atoms with Crippen LogP contribution < -0.4 is 4.72 Å². The molecule has 2 aromatic rings. The average molecular weight is 296 g/mol. The molecular weight excluding hydrogens is 284 g/mol. The Bertz CT molecular complexity index is 725. The summed E-state index contributed by atoms with van der Waals surface area (Å²) in [5.74, 6) is 0. The summed E-state index contributed by atoms with van der Waals surface area (Å²) < 4.78 is 26.2. The molecule has 1 heterocycles. The van der Waals surface area contributed by atoms with Crippen LogP contribution in [0.2, 0.25) is 0 Å². The number of aromatic amines is 1. The van der Waals surface area contributed by atoms with E-state index in [4.69, 9.17) is 0 Å². The maximum Gasteiger partial charge on any atom is 0.272 e. The van der Waals surface area contributed by atoms with Gasteiger partial charge in [0.2, 0.25) is 10.0 Å². The molecule has 0 saturated carbocycles. The van der Waals surface area contributed by atoms with Gasteiger partial charge in [-0.25, -0.2) is 13.1 Å². The van der Waals surface area contributed by atoms with Crippen molar-refractivity contribution >= 4 is 15.7 Å². The Morgan fingerprint density at radius 2 is 2.20 bits per heavy atom. The first-order chi connectivity index (χ1) is 9.42. The normalized spacial score (nSPS) is 11.4. The van der Waals surface area contributed by atoms with E-state index in [9.17, 15) is 18.5 Å². The number of nitro groups is 1. The summed E-state index contributed by atoms with van der Waals surface area (Å²) in [5, 5.41) is 16.8. The van der Waals surface area contributed by atoms with E-state index < -0.39 is 14.9 Å². The van der Waals surface area contributed by atoms with Gasteiger partial charge in [-0.1, -0.05) is 12.1 Å². The molecule has 106 valence electrons. The van der Waals surface area contributed by atoms with Crippen molar-refractivity contribution in [3.8, 4) is 0 Å². The van der Waals surface area contributed by atoms with Gasteiger partial charge in [0.05, 0.1) is 11.1 Å². The molecule has 0 aliphatic heterocycles. The number of rotatable bonds is 5. The smallest absolute Gasteiger partial charge is 0.272 e. The second-order valence-corrected chi connectivity index (χ2v) is 5.84. The quantitative estimate of drug-likeness (QED) is 0.632. The summed E-state index contributed by atoms with van der Waals surface area (Å²) in [6.07, 6.45) is 2.44. The highest BCUT2D eigenvalue weighted by molar-refractivity contribution is 7.89. The highest BCUT2D eigenvalue weighted by atomic mass is 32.2. The Kier molecular flexibility index (Phi) is 3.81. The zero-order valence-electron chi connectivity index (χ0n) is 10.5. The molecule has 1 aromatic carbocycles. The largest absolute Gasteiger partial charge is 0.284 e. The minimum atomic E-state index is -3.68. The molecular formula is C11H12N4O4S. The third kappa shape index (κ3) is 2.83. The van der Waals surface area contributed by atoms with Crippen molar-refractivity contribution in [2.24, 2.45) is 0 Å². The minimum Gasteiger partial charge on any atom is -0.284 e. The fourth-order valence-corrected chi connectivity index (χ4v) is 2.61. The number of sulfonamides is 1. The Balaban J connectivity index is 2.20. The highest BCUT2D eigenvalue weighted by Crippen LogP contribution is 2.21. The van der Waals surface area contributed by atoms with Crippen molar-refractivity contribution in [1.82, 2.24) is 14.9 Å². The molecule has 0 aliphatic carbocycles. The molecule has 0 fully saturated rings. The van der Waals surface area contributed by atoms with Crippen molar-refractivity contribution < 1.29 is 13.3 Å². The molecule has 0 saturated heterocycles. The summed E-state index contributed by atoms with van der Waals surface area (Å²) in [5.41, 5.74) is 0.948. The monoisotopic (exact) mass is 296 g/mol. The van der Waals surface area contributed by atoms with E-state index in [1.165, 1.54) is 24.5 Å². The third-order valence-corrected chi connectivity index (χ3v) is 4.22. The fourth-order valence-electron chi connectivity index (χ4n) is 1.70. The number of nitrogens with zero attached hydrogens (tertiary/aromatic N) is 2. The van der Waals surface area contributed by atoms with Crippen LogP contribution in [0.4, 0.5) is 5.69 Å². The van der Waals surface area contributed by atoms with E-state index in [0.717, 1.165) is 0 Å². The molecule has 0 spiro atoms. The van der Waals surface area contributed by atoms with Gasteiger partial charge in [0.15, 0.2) is 0 Å². The molecule has 0 unspecified atom stereocenters. The summed E-state index contributed by atoms with van der Waals surface area (Å²) in [7, 11) is -3.68. The Morgan fingerprint density at radius 3 is 2.80 bits per heavy atom. The number of hydrogen-bond donors (Lipinski definition) is 2. The van der Waals surface area contributed by atoms with Gasteiger partial charge in [-0.3, -0.25) is 15.2 Å². The molecule has 0 amide bonds. The minimum absolute atomic E-state index is 0.0144. The summed E-state index contributed by atoms with van der Waals surface area (Å²) in [4.78, 5) is 10.3. The summed E-state index contributed by atoms with van der Waals surface area (Å²) >= 11 is 0. The van der Waals surface area contributed by atoms with Crippen molar-refractivity contribution in [2.75, 3.05) is 0 Å². The first-order valence-electron chi connectivity index (χ1n) is 5.63. The molecule has 2 N–H and O–H groups in total. The van der Waals surface area contributed by atoms with Gasteiger partial charge in [-0.15, -0.1) is 0 Å². The van der Waals surface area contributed by atoms with Crippen molar-refractivity contribution in [3.05, 3.63) is 51.8 Å².